The Labute approximate surface area is 154 Å². The first kappa shape index (κ1) is 18.1. The van der Waals surface area contributed by atoms with E-state index >= 15 is 0 Å². The number of nitrogens with zero attached hydrogens (tertiary/aromatic N) is 2. The summed E-state index contributed by atoms with van der Waals surface area (Å²) >= 11 is 5.88. The van der Waals surface area contributed by atoms with E-state index in [1.165, 1.54) is 12.3 Å². The molecule has 0 spiro atoms. The van der Waals surface area contributed by atoms with Gasteiger partial charge >= 0.3 is 5.97 Å². The van der Waals surface area contributed by atoms with Gasteiger partial charge in [-0.15, -0.1) is 0 Å². The van der Waals surface area contributed by atoms with E-state index in [1.54, 1.807) is 35.2 Å². The lowest BCUT2D eigenvalue weighted by molar-refractivity contribution is -0.138. The first-order chi connectivity index (χ1) is 12.5. The predicted molar refractivity (Wildman–Crippen MR) is 95.1 cm³/mol. The monoisotopic (exact) mass is 374 g/mol. The Morgan fingerprint density at radius 1 is 1.15 bits per heavy atom. The van der Waals surface area contributed by atoms with Crippen molar-refractivity contribution in [3.8, 4) is 11.5 Å². The molecule has 1 aromatic heterocycles. The van der Waals surface area contributed by atoms with Gasteiger partial charge in [-0.3, -0.25) is 9.69 Å². The van der Waals surface area contributed by atoms with Crippen molar-refractivity contribution in [2.24, 2.45) is 0 Å². The summed E-state index contributed by atoms with van der Waals surface area (Å²) in [4.78, 5) is 17.1. The molecule has 0 aliphatic heterocycles. The number of aromatic nitrogens is 1. The van der Waals surface area contributed by atoms with Crippen LogP contribution in [0.4, 0.5) is 4.39 Å². The number of benzene rings is 2. The van der Waals surface area contributed by atoms with E-state index < -0.39 is 11.8 Å². The summed E-state index contributed by atoms with van der Waals surface area (Å²) in [5.74, 6) is -1.21. The molecule has 0 unspecified atom stereocenters. The molecule has 134 valence electrons. The first-order valence-corrected chi connectivity index (χ1v) is 8.27. The van der Waals surface area contributed by atoms with Crippen molar-refractivity contribution in [3.63, 3.8) is 0 Å². The smallest absolute Gasteiger partial charge is 0.317 e. The summed E-state index contributed by atoms with van der Waals surface area (Å²) in [6.07, 6.45) is 1.42. The third-order valence-corrected chi connectivity index (χ3v) is 3.97. The number of carboxylic acids is 1. The number of rotatable bonds is 7. The van der Waals surface area contributed by atoms with Gasteiger partial charge < -0.3 is 9.52 Å². The van der Waals surface area contributed by atoms with Crippen molar-refractivity contribution in [1.29, 1.82) is 0 Å². The van der Waals surface area contributed by atoms with Gasteiger partial charge in [-0.1, -0.05) is 35.9 Å². The number of carbonyl (C=O) groups is 1. The van der Waals surface area contributed by atoms with Crippen LogP contribution in [0.3, 0.4) is 0 Å². The highest BCUT2D eigenvalue weighted by molar-refractivity contribution is 6.30. The number of hydrogen-bond acceptors (Lipinski definition) is 4. The molecule has 26 heavy (non-hydrogen) atoms. The molecule has 7 heteroatoms. The first-order valence-electron chi connectivity index (χ1n) is 7.89. The molecule has 0 amide bonds. The minimum atomic E-state index is -0.947. The fraction of sp³-hybridized carbons (Fsp3) is 0.158. The Kier molecular flexibility index (Phi) is 5.65. The second-order valence-electron chi connectivity index (χ2n) is 5.79. The van der Waals surface area contributed by atoms with Crippen molar-refractivity contribution < 1.29 is 18.7 Å². The summed E-state index contributed by atoms with van der Waals surface area (Å²) in [5, 5.41) is 9.76. The van der Waals surface area contributed by atoms with Gasteiger partial charge in [-0.05, 0) is 29.8 Å². The molecule has 5 nitrogen and oxygen atoms in total. The van der Waals surface area contributed by atoms with Crippen LogP contribution >= 0.6 is 11.6 Å². The maximum absolute atomic E-state index is 13.8. The highest BCUT2D eigenvalue weighted by Crippen LogP contribution is 2.22. The van der Waals surface area contributed by atoms with E-state index in [0.717, 1.165) is 5.56 Å². The van der Waals surface area contributed by atoms with E-state index in [9.17, 15) is 9.18 Å². The van der Waals surface area contributed by atoms with Crippen LogP contribution in [-0.2, 0) is 17.9 Å². The lowest BCUT2D eigenvalue weighted by Crippen LogP contribution is -2.29. The van der Waals surface area contributed by atoms with E-state index in [2.05, 4.69) is 4.98 Å². The van der Waals surface area contributed by atoms with Crippen molar-refractivity contribution in [2.45, 2.75) is 13.1 Å². The van der Waals surface area contributed by atoms with Crippen LogP contribution in [0.5, 0.6) is 0 Å². The Hall–Kier alpha value is -2.70. The van der Waals surface area contributed by atoms with E-state index in [-0.39, 0.29) is 24.5 Å². The Morgan fingerprint density at radius 3 is 2.58 bits per heavy atom. The highest BCUT2D eigenvalue weighted by Gasteiger charge is 2.16. The lowest BCUT2D eigenvalue weighted by Gasteiger charge is -2.19. The molecule has 1 heterocycles. The molecule has 0 aliphatic rings. The zero-order valence-corrected chi connectivity index (χ0v) is 14.5. The van der Waals surface area contributed by atoms with Crippen LogP contribution in [0.1, 0.15) is 11.3 Å². The molecule has 2 aromatic carbocycles. The quantitative estimate of drug-likeness (QED) is 0.670. The molecule has 0 fully saturated rings. The number of oxazole rings is 1. The van der Waals surface area contributed by atoms with Gasteiger partial charge in [0.2, 0.25) is 5.89 Å². The number of aliphatic carboxylic acids is 1. The molecular formula is C19H16ClFN2O3. The SMILES string of the molecule is O=C(O)CN(Cc1ccc(Cl)cc1)Cc1coc(-c2ccccc2F)n1. The number of halogens is 2. The fourth-order valence-electron chi connectivity index (χ4n) is 2.57. The van der Waals surface area contributed by atoms with Crippen LogP contribution in [0.25, 0.3) is 11.5 Å². The van der Waals surface area contributed by atoms with Crippen LogP contribution in [-0.4, -0.2) is 27.5 Å². The third-order valence-electron chi connectivity index (χ3n) is 3.72. The topological polar surface area (TPSA) is 66.6 Å². The standard InChI is InChI=1S/C19H16ClFN2O3/c20-14-7-5-13(6-8-14)9-23(11-18(24)25)10-15-12-26-19(22-15)16-3-1-2-4-17(16)21/h1-8,12H,9-11H2,(H,24,25). The zero-order chi connectivity index (χ0) is 18.5. The molecule has 0 radical (unpaired) electrons. The number of carboxylic acid groups (broad SMARTS) is 1. The second-order valence-corrected chi connectivity index (χ2v) is 6.23. The fourth-order valence-corrected chi connectivity index (χ4v) is 2.70. The average molecular weight is 375 g/mol. The van der Waals surface area contributed by atoms with Gasteiger partial charge in [-0.2, -0.15) is 0 Å². The summed E-state index contributed by atoms with van der Waals surface area (Å²) in [6, 6.07) is 13.4. The van der Waals surface area contributed by atoms with Gasteiger partial charge in [0.05, 0.1) is 17.8 Å². The van der Waals surface area contributed by atoms with Crippen molar-refractivity contribution in [3.05, 3.63) is 76.9 Å². The molecule has 0 saturated heterocycles. The summed E-state index contributed by atoms with van der Waals surface area (Å²) in [6.45, 7) is 0.503. The van der Waals surface area contributed by atoms with Crippen LogP contribution < -0.4 is 0 Å². The molecule has 0 aliphatic carbocycles. The minimum Gasteiger partial charge on any atom is -0.480 e. The van der Waals surface area contributed by atoms with Crippen molar-refractivity contribution in [2.75, 3.05) is 6.54 Å². The van der Waals surface area contributed by atoms with E-state index in [0.29, 0.717) is 17.3 Å². The highest BCUT2D eigenvalue weighted by atomic mass is 35.5. The predicted octanol–water partition coefficient (Wildman–Crippen LogP) is 4.22. The zero-order valence-electron chi connectivity index (χ0n) is 13.7. The summed E-state index contributed by atoms with van der Waals surface area (Å²) in [5.41, 5.74) is 1.72. The van der Waals surface area contributed by atoms with Gasteiger partial charge in [0, 0.05) is 18.1 Å². The molecule has 0 atom stereocenters. The average Bonchev–Trinajstić information content (AvgIpc) is 3.05. The summed E-state index contributed by atoms with van der Waals surface area (Å²) in [7, 11) is 0. The molecular weight excluding hydrogens is 359 g/mol. The molecule has 3 rings (SSSR count). The number of hydrogen-bond donors (Lipinski definition) is 1. The van der Waals surface area contributed by atoms with Crippen molar-refractivity contribution in [1.82, 2.24) is 9.88 Å². The Bertz CT molecular complexity index is 896. The molecule has 0 bridgehead atoms. The molecule has 1 N–H and O–H groups in total. The minimum absolute atomic E-state index is 0.162. The molecule has 3 aromatic rings. The van der Waals surface area contributed by atoms with Crippen LogP contribution in [0.15, 0.2) is 59.2 Å². The summed E-state index contributed by atoms with van der Waals surface area (Å²) < 4.78 is 19.2. The van der Waals surface area contributed by atoms with Crippen molar-refractivity contribution >= 4 is 17.6 Å². The molecule has 0 saturated carbocycles. The van der Waals surface area contributed by atoms with Gasteiger partial charge in [0.15, 0.2) is 0 Å². The second kappa shape index (κ2) is 8.12. The largest absolute Gasteiger partial charge is 0.480 e. The van der Waals surface area contributed by atoms with Gasteiger partial charge in [0.25, 0.3) is 0 Å². The van der Waals surface area contributed by atoms with Crippen LogP contribution in [0.2, 0.25) is 5.02 Å². The maximum Gasteiger partial charge on any atom is 0.317 e. The van der Waals surface area contributed by atoms with Crippen LogP contribution in [0, 0.1) is 5.82 Å². The third kappa shape index (κ3) is 4.68. The Balaban J connectivity index is 1.75. The van der Waals surface area contributed by atoms with E-state index in [4.69, 9.17) is 21.1 Å². The maximum atomic E-state index is 13.8. The van der Waals surface area contributed by atoms with Gasteiger partial charge in [0.1, 0.15) is 12.1 Å². The van der Waals surface area contributed by atoms with E-state index in [1.807, 2.05) is 12.1 Å². The normalized spacial score (nSPS) is 11.0. The lowest BCUT2D eigenvalue weighted by atomic mass is 10.2. The Morgan fingerprint density at radius 2 is 1.88 bits per heavy atom. The van der Waals surface area contributed by atoms with Gasteiger partial charge in [-0.25, -0.2) is 9.37 Å².